The Morgan fingerprint density at radius 1 is 1.41 bits per heavy atom. The number of amides is 1. The van der Waals surface area contributed by atoms with Crippen molar-refractivity contribution in [3.05, 3.63) is 41.5 Å². The molecule has 1 atom stereocenters. The highest BCUT2D eigenvalue weighted by Gasteiger charge is 2.22. The third kappa shape index (κ3) is 3.17. The first-order valence-corrected chi connectivity index (χ1v) is 5.87. The number of β-amino-alcohol motifs (C(OH)–C–C–N with tert-alkyl or cyclic N) is 1. The number of nitrogens with zero attached hydrogens (tertiary/aromatic N) is 1. The molecule has 0 bridgehead atoms. The molecule has 0 spiro atoms. The van der Waals surface area contributed by atoms with E-state index in [-0.39, 0.29) is 12.0 Å². The highest BCUT2D eigenvalue weighted by atomic mass is 16.3. The number of hydrogen-bond donors (Lipinski definition) is 1. The van der Waals surface area contributed by atoms with E-state index in [1.54, 1.807) is 11.0 Å². The number of carbonyl (C=O) groups is 1. The molecule has 1 aliphatic heterocycles. The van der Waals surface area contributed by atoms with Gasteiger partial charge in [0.1, 0.15) is 0 Å². The van der Waals surface area contributed by atoms with Crippen molar-refractivity contribution >= 4 is 12.0 Å². The molecule has 90 valence electrons. The molecule has 1 N–H and O–H groups in total. The number of aliphatic hydroxyl groups excluding tert-OH is 1. The summed E-state index contributed by atoms with van der Waals surface area (Å²) in [5.74, 6) is -0.0258. The van der Waals surface area contributed by atoms with Crippen LogP contribution >= 0.6 is 0 Å². The normalized spacial score (nSPS) is 20.1. The van der Waals surface area contributed by atoms with E-state index in [4.69, 9.17) is 0 Å². The standard InChI is InChI=1S/C14H17NO2/c1-11-2-4-12(5-3-11)6-7-14(17)15-9-8-13(16)10-15/h2-7,13,16H,8-10H2,1H3. The summed E-state index contributed by atoms with van der Waals surface area (Å²) in [6.07, 6.45) is 3.71. The molecule has 1 aliphatic rings. The molecule has 1 fully saturated rings. The molecule has 1 aromatic carbocycles. The first-order valence-electron chi connectivity index (χ1n) is 5.87. The van der Waals surface area contributed by atoms with Crippen molar-refractivity contribution in [1.82, 2.24) is 4.90 Å². The van der Waals surface area contributed by atoms with Crippen molar-refractivity contribution in [2.75, 3.05) is 13.1 Å². The summed E-state index contributed by atoms with van der Waals surface area (Å²) >= 11 is 0. The lowest BCUT2D eigenvalue weighted by molar-refractivity contribution is -0.125. The number of likely N-dealkylation sites (tertiary alicyclic amines) is 1. The maximum absolute atomic E-state index is 11.8. The lowest BCUT2D eigenvalue weighted by Crippen LogP contribution is -2.27. The summed E-state index contributed by atoms with van der Waals surface area (Å²) in [6, 6.07) is 8.00. The van der Waals surface area contributed by atoms with Crippen molar-refractivity contribution in [3.8, 4) is 0 Å². The van der Waals surface area contributed by atoms with Crippen molar-refractivity contribution in [3.63, 3.8) is 0 Å². The molecule has 17 heavy (non-hydrogen) atoms. The Hall–Kier alpha value is -1.61. The zero-order chi connectivity index (χ0) is 12.3. The zero-order valence-electron chi connectivity index (χ0n) is 9.97. The molecule has 0 radical (unpaired) electrons. The Balaban J connectivity index is 1.96. The first kappa shape index (κ1) is 11.9. The molecule has 1 amide bonds. The van der Waals surface area contributed by atoms with Crippen LogP contribution in [0.5, 0.6) is 0 Å². The Kier molecular flexibility index (Phi) is 3.59. The molecule has 3 heteroatoms. The SMILES string of the molecule is Cc1ccc(C=CC(=O)N2CCC(O)C2)cc1. The van der Waals surface area contributed by atoms with E-state index in [1.807, 2.05) is 37.3 Å². The van der Waals surface area contributed by atoms with Crippen LogP contribution in [0.25, 0.3) is 6.08 Å². The van der Waals surface area contributed by atoms with Crippen LogP contribution in [0.4, 0.5) is 0 Å². The van der Waals surface area contributed by atoms with Crippen LogP contribution in [0.3, 0.4) is 0 Å². The number of hydrogen-bond acceptors (Lipinski definition) is 2. The van der Waals surface area contributed by atoms with Crippen molar-refractivity contribution in [1.29, 1.82) is 0 Å². The van der Waals surface area contributed by atoms with Gasteiger partial charge in [0.25, 0.3) is 0 Å². The molecular formula is C14H17NO2. The monoisotopic (exact) mass is 231 g/mol. The van der Waals surface area contributed by atoms with Gasteiger partial charge in [-0.05, 0) is 25.0 Å². The second kappa shape index (κ2) is 5.15. The molecule has 1 unspecified atom stereocenters. The van der Waals surface area contributed by atoms with Crippen LogP contribution in [-0.4, -0.2) is 35.1 Å². The van der Waals surface area contributed by atoms with E-state index in [2.05, 4.69) is 0 Å². The van der Waals surface area contributed by atoms with Gasteiger partial charge in [-0.15, -0.1) is 0 Å². The van der Waals surface area contributed by atoms with Crippen LogP contribution in [-0.2, 0) is 4.79 Å². The van der Waals surface area contributed by atoms with E-state index in [9.17, 15) is 9.90 Å². The number of aryl methyl sites for hydroxylation is 1. The van der Waals surface area contributed by atoms with E-state index in [0.717, 1.165) is 5.56 Å². The van der Waals surface area contributed by atoms with Gasteiger partial charge in [0.15, 0.2) is 0 Å². The van der Waals surface area contributed by atoms with E-state index >= 15 is 0 Å². The average Bonchev–Trinajstić information content (AvgIpc) is 2.75. The van der Waals surface area contributed by atoms with Gasteiger partial charge >= 0.3 is 0 Å². The second-order valence-electron chi connectivity index (χ2n) is 4.47. The predicted octanol–water partition coefficient (Wildman–Crippen LogP) is 1.60. The predicted molar refractivity (Wildman–Crippen MR) is 67.4 cm³/mol. The number of benzene rings is 1. The summed E-state index contributed by atoms with van der Waals surface area (Å²) in [6.45, 7) is 3.14. The highest BCUT2D eigenvalue weighted by molar-refractivity contribution is 5.91. The van der Waals surface area contributed by atoms with Crippen molar-refractivity contribution < 1.29 is 9.90 Å². The van der Waals surface area contributed by atoms with Gasteiger partial charge in [0.2, 0.25) is 5.91 Å². The lowest BCUT2D eigenvalue weighted by atomic mass is 10.1. The van der Waals surface area contributed by atoms with Crippen LogP contribution in [0, 0.1) is 6.92 Å². The van der Waals surface area contributed by atoms with E-state index in [1.165, 1.54) is 5.56 Å². The molecule has 1 aromatic rings. The van der Waals surface area contributed by atoms with Crippen LogP contribution < -0.4 is 0 Å². The Labute approximate surface area is 101 Å². The van der Waals surface area contributed by atoms with Gasteiger partial charge in [-0.3, -0.25) is 4.79 Å². The second-order valence-corrected chi connectivity index (χ2v) is 4.47. The molecule has 2 rings (SSSR count). The fourth-order valence-electron chi connectivity index (χ4n) is 1.89. The maximum Gasteiger partial charge on any atom is 0.246 e. The summed E-state index contributed by atoms with van der Waals surface area (Å²) in [7, 11) is 0. The van der Waals surface area contributed by atoms with Gasteiger partial charge < -0.3 is 10.0 Å². The highest BCUT2D eigenvalue weighted by Crippen LogP contribution is 2.10. The molecule has 1 saturated heterocycles. The van der Waals surface area contributed by atoms with Crippen LogP contribution in [0.1, 0.15) is 17.5 Å². The summed E-state index contributed by atoms with van der Waals surface area (Å²) in [5, 5.41) is 9.35. The van der Waals surface area contributed by atoms with Gasteiger partial charge in [0.05, 0.1) is 6.10 Å². The summed E-state index contributed by atoms with van der Waals surface area (Å²) < 4.78 is 0. The maximum atomic E-state index is 11.8. The minimum Gasteiger partial charge on any atom is -0.391 e. The van der Waals surface area contributed by atoms with Crippen LogP contribution in [0.2, 0.25) is 0 Å². The summed E-state index contributed by atoms with van der Waals surface area (Å²) in [5.41, 5.74) is 2.22. The Morgan fingerprint density at radius 2 is 2.12 bits per heavy atom. The Bertz CT molecular complexity index is 422. The van der Waals surface area contributed by atoms with E-state index < -0.39 is 0 Å². The number of aliphatic hydroxyl groups is 1. The topological polar surface area (TPSA) is 40.5 Å². The molecule has 0 aliphatic carbocycles. The fourth-order valence-corrected chi connectivity index (χ4v) is 1.89. The van der Waals surface area contributed by atoms with E-state index in [0.29, 0.717) is 19.5 Å². The van der Waals surface area contributed by atoms with Gasteiger partial charge in [-0.2, -0.15) is 0 Å². The summed E-state index contributed by atoms with van der Waals surface area (Å²) in [4.78, 5) is 13.4. The van der Waals surface area contributed by atoms with Gasteiger partial charge in [0, 0.05) is 19.2 Å². The zero-order valence-corrected chi connectivity index (χ0v) is 9.97. The molecular weight excluding hydrogens is 214 g/mol. The minimum absolute atomic E-state index is 0.0258. The molecule has 0 saturated carbocycles. The third-order valence-electron chi connectivity index (χ3n) is 2.97. The van der Waals surface area contributed by atoms with Crippen molar-refractivity contribution in [2.45, 2.75) is 19.4 Å². The lowest BCUT2D eigenvalue weighted by Gasteiger charge is -2.12. The number of rotatable bonds is 2. The largest absolute Gasteiger partial charge is 0.391 e. The molecule has 0 aromatic heterocycles. The van der Waals surface area contributed by atoms with Gasteiger partial charge in [-0.1, -0.05) is 29.8 Å². The first-order chi connectivity index (χ1) is 8.15. The fraction of sp³-hybridized carbons (Fsp3) is 0.357. The smallest absolute Gasteiger partial charge is 0.246 e. The number of carbonyl (C=O) groups excluding carboxylic acids is 1. The average molecular weight is 231 g/mol. The van der Waals surface area contributed by atoms with Crippen molar-refractivity contribution in [2.24, 2.45) is 0 Å². The molecule has 3 nitrogen and oxygen atoms in total. The van der Waals surface area contributed by atoms with Crippen LogP contribution in [0.15, 0.2) is 30.3 Å². The quantitative estimate of drug-likeness (QED) is 0.785. The third-order valence-corrected chi connectivity index (χ3v) is 2.97. The Morgan fingerprint density at radius 3 is 2.71 bits per heavy atom. The van der Waals surface area contributed by atoms with Gasteiger partial charge in [-0.25, -0.2) is 0 Å². The molecule has 1 heterocycles. The minimum atomic E-state index is -0.355.